The highest BCUT2D eigenvalue weighted by Gasteiger charge is 2.22. The van der Waals surface area contributed by atoms with Crippen LogP contribution in [0.4, 0.5) is 4.39 Å². The summed E-state index contributed by atoms with van der Waals surface area (Å²) in [6.07, 6.45) is 0.992. The van der Waals surface area contributed by atoms with Crippen LogP contribution in [0.5, 0.6) is 0 Å². The Morgan fingerprint density at radius 1 is 1.35 bits per heavy atom. The van der Waals surface area contributed by atoms with Gasteiger partial charge in [0.25, 0.3) is 0 Å². The van der Waals surface area contributed by atoms with Crippen LogP contribution in [0.3, 0.4) is 0 Å². The maximum atomic E-state index is 14.2. The minimum Gasteiger partial charge on any atom is -0.305 e. The first-order chi connectivity index (χ1) is 9.54. The molecule has 2 aromatic rings. The Morgan fingerprint density at radius 3 is 2.70 bits per heavy atom. The third-order valence-corrected chi connectivity index (χ3v) is 5.03. The Morgan fingerprint density at radius 2 is 2.10 bits per heavy atom. The van der Waals surface area contributed by atoms with Crippen LogP contribution in [-0.4, -0.2) is 6.54 Å². The topological polar surface area (TPSA) is 12.0 Å². The molecule has 1 unspecified atom stereocenters. The van der Waals surface area contributed by atoms with E-state index in [1.165, 1.54) is 6.07 Å². The summed E-state index contributed by atoms with van der Waals surface area (Å²) in [4.78, 5) is 0.988. The predicted molar refractivity (Wildman–Crippen MR) is 85.3 cm³/mol. The molecule has 1 aromatic heterocycles. The zero-order chi connectivity index (χ0) is 14.7. The van der Waals surface area contributed by atoms with Gasteiger partial charge < -0.3 is 5.32 Å². The minimum absolute atomic E-state index is 0.180. The average molecular weight is 312 g/mol. The molecule has 4 heteroatoms. The van der Waals surface area contributed by atoms with Gasteiger partial charge in [-0.05, 0) is 43.8 Å². The van der Waals surface area contributed by atoms with Crippen LogP contribution in [0.25, 0.3) is 0 Å². The second kappa shape index (κ2) is 6.70. The van der Waals surface area contributed by atoms with Crippen molar-refractivity contribution in [2.45, 2.75) is 33.2 Å². The lowest BCUT2D eigenvalue weighted by atomic mass is 10.0. The Labute approximate surface area is 128 Å². The number of nitrogens with one attached hydrogen (secondary N) is 1. The monoisotopic (exact) mass is 311 g/mol. The molecule has 0 amide bonds. The molecule has 1 N–H and O–H groups in total. The molecule has 0 aliphatic heterocycles. The molecule has 0 spiro atoms. The third kappa shape index (κ3) is 3.22. The lowest BCUT2D eigenvalue weighted by molar-refractivity contribution is 0.550. The van der Waals surface area contributed by atoms with Crippen molar-refractivity contribution >= 4 is 22.9 Å². The summed E-state index contributed by atoms with van der Waals surface area (Å²) < 4.78 is 14.2. The molecule has 1 heterocycles. The van der Waals surface area contributed by atoms with Gasteiger partial charge in [0.15, 0.2) is 0 Å². The molecule has 20 heavy (non-hydrogen) atoms. The van der Waals surface area contributed by atoms with Crippen molar-refractivity contribution in [3.8, 4) is 0 Å². The van der Waals surface area contributed by atoms with Gasteiger partial charge in [-0.1, -0.05) is 36.2 Å². The SMILES string of the molecule is CCCNC(c1cc(C)ccc1F)c1scc(C)c1Cl. The molecule has 0 fully saturated rings. The van der Waals surface area contributed by atoms with E-state index >= 15 is 0 Å². The van der Waals surface area contributed by atoms with E-state index in [1.54, 1.807) is 17.4 Å². The molecule has 0 radical (unpaired) electrons. The Balaban J connectivity index is 2.47. The second-order valence-electron chi connectivity index (χ2n) is 5.01. The molecule has 0 aliphatic carbocycles. The molecule has 0 aliphatic rings. The summed E-state index contributed by atoms with van der Waals surface area (Å²) in [6.45, 7) is 6.87. The fourth-order valence-electron chi connectivity index (χ4n) is 2.16. The zero-order valence-corrected chi connectivity index (χ0v) is 13.5. The van der Waals surface area contributed by atoms with Crippen molar-refractivity contribution in [3.05, 3.63) is 56.0 Å². The van der Waals surface area contributed by atoms with Crippen molar-refractivity contribution in [2.75, 3.05) is 6.54 Å². The highest BCUT2D eigenvalue weighted by atomic mass is 35.5. The summed E-state index contributed by atoms with van der Waals surface area (Å²) in [5, 5.41) is 6.17. The van der Waals surface area contributed by atoms with Crippen LogP contribution in [0.1, 0.15) is 41.0 Å². The van der Waals surface area contributed by atoms with Gasteiger partial charge in [-0.2, -0.15) is 0 Å². The van der Waals surface area contributed by atoms with Gasteiger partial charge in [0.05, 0.1) is 11.1 Å². The lowest BCUT2D eigenvalue weighted by Crippen LogP contribution is -2.23. The van der Waals surface area contributed by atoms with Crippen molar-refractivity contribution < 1.29 is 4.39 Å². The van der Waals surface area contributed by atoms with Crippen LogP contribution in [0, 0.1) is 19.7 Å². The molecule has 1 aromatic carbocycles. The number of thiophene rings is 1. The van der Waals surface area contributed by atoms with Crippen LogP contribution in [0.2, 0.25) is 5.02 Å². The summed E-state index contributed by atoms with van der Waals surface area (Å²) >= 11 is 7.96. The van der Waals surface area contributed by atoms with Gasteiger partial charge in [0, 0.05) is 10.4 Å². The molecule has 0 saturated carbocycles. The molecule has 2 rings (SSSR count). The molecule has 108 valence electrons. The summed E-state index contributed by atoms with van der Waals surface area (Å²) in [7, 11) is 0. The first-order valence-corrected chi connectivity index (χ1v) is 8.03. The van der Waals surface area contributed by atoms with E-state index in [9.17, 15) is 4.39 Å². The fraction of sp³-hybridized carbons (Fsp3) is 0.375. The quantitative estimate of drug-likeness (QED) is 0.795. The van der Waals surface area contributed by atoms with Gasteiger partial charge >= 0.3 is 0 Å². The van der Waals surface area contributed by atoms with Crippen molar-refractivity contribution in [1.82, 2.24) is 5.32 Å². The van der Waals surface area contributed by atoms with Crippen LogP contribution in [-0.2, 0) is 0 Å². The number of benzene rings is 1. The number of halogens is 2. The number of hydrogen-bond donors (Lipinski definition) is 1. The lowest BCUT2D eigenvalue weighted by Gasteiger charge is -2.19. The van der Waals surface area contributed by atoms with Crippen molar-refractivity contribution in [3.63, 3.8) is 0 Å². The normalized spacial score (nSPS) is 12.7. The van der Waals surface area contributed by atoms with Crippen LogP contribution in [0.15, 0.2) is 23.6 Å². The van der Waals surface area contributed by atoms with E-state index in [1.807, 2.05) is 25.3 Å². The maximum Gasteiger partial charge on any atom is 0.128 e. The van der Waals surface area contributed by atoms with E-state index in [-0.39, 0.29) is 11.9 Å². The molecule has 1 nitrogen and oxygen atoms in total. The van der Waals surface area contributed by atoms with Gasteiger partial charge in [-0.3, -0.25) is 0 Å². The molecule has 0 bridgehead atoms. The number of aryl methyl sites for hydroxylation is 2. The first-order valence-electron chi connectivity index (χ1n) is 6.77. The Bertz CT molecular complexity index is 594. The molecule has 1 atom stereocenters. The predicted octanol–water partition coefficient (Wildman–Crippen LogP) is 5.25. The van der Waals surface area contributed by atoms with E-state index < -0.39 is 0 Å². The molecular formula is C16H19ClFNS. The van der Waals surface area contributed by atoms with E-state index in [0.29, 0.717) is 5.56 Å². The smallest absolute Gasteiger partial charge is 0.128 e. The van der Waals surface area contributed by atoms with Gasteiger partial charge in [0.1, 0.15) is 5.82 Å². The first kappa shape index (κ1) is 15.5. The van der Waals surface area contributed by atoms with Crippen molar-refractivity contribution in [1.29, 1.82) is 0 Å². The van der Waals surface area contributed by atoms with Gasteiger partial charge in [-0.25, -0.2) is 4.39 Å². The molecule has 0 saturated heterocycles. The molecular weight excluding hydrogens is 293 g/mol. The number of hydrogen-bond acceptors (Lipinski definition) is 2. The highest BCUT2D eigenvalue weighted by Crippen LogP contribution is 2.36. The summed E-state index contributed by atoms with van der Waals surface area (Å²) in [5.41, 5.74) is 2.76. The largest absolute Gasteiger partial charge is 0.305 e. The minimum atomic E-state index is -0.189. The fourth-order valence-corrected chi connectivity index (χ4v) is 3.56. The van der Waals surface area contributed by atoms with E-state index in [2.05, 4.69) is 12.2 Å². The second-order valence-corrected chi connectivity index (χ2v) is 6.30. The Kier molecular flexibility index (Phi) is 5.19. The van der Waals surface area contributed by atoms with Crippen LogP contribution >= 0.6 is 22.9 Å². The van der Waals surface area contributed by atoms with Gasteiger partial charge in [0.2, 0.25) is 0 Å². The van der Waals surface area contributed by atoms with E-state index in [4.69, 9.17) is 11.6 Å². The average Bonchev–Trinajstić information content (AvgIpc) is 2.75. The zero-order valence-electron chi connectivity index (χ0n) is 12.0. The third-order valence-electron chi connectivity index (χ3n) is 3.25. The maximum absolute atomic E-state index is 14.2. The standard InChI is InChI=1S/C16H19ClFNS/c1-4-7-19-15(16-14(17)11(3)9-20-16)12-8-10(2)5-6-13(12)18/h5-6,8-9,15,19H,4,7H2,1-3H3. The summed E-state index contributed by atoms with van der Waals surface area (Å²) in [6, 6.07) is 5.03. The van der Waals surface area contributed by atoms with Crippen LogP contribution < -0.4 is 5.32 Å². The van der Waals surface area contributed by atoms with Gasteiger partial charge in [-0.15, -0.1) is 11.3 Å². The Hall–Kier alpha value is -0.900. The van der Waals surface area contributed by atoms with Crippen molar-refractivity contribution in [2.24, 2.45) is 0 Å². The van der Waals surface area contributed by atoms with E-state index in [0.717, 1.165) is 34.0 Å². The number of rotatable bonds is 5. The highest BCUT2D eigenvalue weighted by molar-refractivity contribution is 7.10. The summed E-state index contributed by atoms with van der Waals surface area (Å²) in [5.74, 6) is -0.189.